The zero-order valence-electron chi connectivity index (χ0n) is 16.4. The molecular formula is C23H16N3O5+. The molecule has 152 valence electrons. The molecule has 31 heavy (non-hydrogen) atoms. The quantitative estimate of drug-likeness (QED) is 0.277. The molecule has 3 aromatic heterocycles. The number of methoxy groups -OCH3 is 1. The van der Waals surface area contributed by atoms with Gasteiger partial charge in [0.1, 0.15) is 5.69 Å². The second-order valence-electron chi connectivity index (χ2n) is 6.89. The molecule has 0 atom stereocenters. The van der Waals surface area contributed by atoms with Crippen molar-refractivity contribution in [2.75, 3.05) is 7.11 Å². The monoisotopic (exact) mass is 414 g/mol. The molecule has 8 heteroatoms. The maximum Gasteiger partial charge on any atom is 0.439 e. The number of nitrogens with one attached hydrogen (secondary N) is 1. The van der Waals surface area contributed by atoms with Crippen LogP contribution in [0.5, 0.6) is 0 Å². The Morgan fingerprint density at radius 3 is 2.55 bits per heavy atom. The van der Waals surface area contributed by atoms with Crippen molar-refractivity contribution >= 4 is 28.0 Å². The fourth-order valence-corrected chi connectivity index (χ4v) is 3.75. The number of aromatic nitrogens is 3. The first-order valence-corrected chi connectivity index (χ1v) is 9.45. The van der Waals surface area contributed by atoms with Crippen molar-refractivity contribution < 1.29 is 23.5 Å². The van der Waals surface area contributed by atoms with Crippen LogP contribution in [0.15, 0.2) is 82.2 Å². The van der Waals surface area contributed by atoms with Gasteiger partial charge in [0.05, 0.1) is 18.2 Å². The molecule has 0 unspecified atom stereocenters. The number of para-hydroxylation sites is 1. The molecule has 5 aromatic rings. The molecule has 0 saturated carbocycles. The van der Waals surface area contributed by atoms with Crippen LogP contribution in [0.3, 0.4) is 0 Å². The molecule has 0 aliphatic carbocycles. The summed E-state index contributed by atoms with van der Waals surface area (Å²) in [7, 11) is 1.28. The van der Waals surface area contributed by atoms with Gasteiger partial charge in [-0.15, -0.1) is 0 Å². The standard InChI is InChI=1S/C23H15N3O5/c1-30-22(28)17-13-18(25-12-11-14-7-5-6-10-16(14)19(17)25)21(27)20-23(29)31-24-26(20)15-8-3-2-4-9-15/h2-13H,1H3/p+1. The summed E-state index contributed by atoms with van der Waals surface area (Å²) in [6, 6.07) is 19.6. The summed E-state index contributed by atoms with van der Waals surface area (Å²) in [5, 5.41) is 4.15. The Balaban J connectivity index is 1.79. The molecule has 0 aliphatic heterocycles. The number of ether oxygens (including phenoxy) is 1. The van der Waals surface area contributed by atoms with Crippen LogP contribution in [0.25, 0.3) is 22.0 Å². The molecule has 1 N–H and O–H groups in total. The summed E-state index contributed by atoms with van der Waals surface area (Å²) in [6.45, 7) is 0. The topological polar surface area (TPSA) is 97.7 Å². The van der Waals surface area contributed by atoms with Gasteiger partial charge < -0.3 is 9.14 Å². The molecule has 0 spiro atoms. The molecule has 0 amide bonds. The average Bonchev–Trinajstić information content (AvgIpc) is 3.40. The Morgan fingerprint density at radius 1 is 1.03 bits per heavy atom. The molecule has 8 nitrogen and oxygen atoms in total. The molecule has 0 fully saturated rings. The van der Waals surface area contributed by atoms with E-state index in [0.717, 1.165) is 10.8 Å². The zero-order chi connectivity index (χ0) is 21.5. The van der Waals surface area contributed by atoms with Crippen LogP contribution in [0, 0.1) is 0 Å². The van der Waals surface area contributed by atoms with E-state index in [2.05, 4.69) is 5.27 Å². The number of ketones is 1. The summed E-state index contributed by atoms with van der Waals surface area (Å²) in [6.07, 6.45) is 1.69. The molecule has 2 aromatic carbocycles. The number of rotatable bonds is 4. The molecule has 0 bridgehead atoms. The van der Waals surface area contributed by atoms with E-state index in [9.17, 15) is 14.4 Å². The number of fused-ring (bicyclic) bond motifs is 3. The van der Waals surface area contributed by atoms with Crippen LogP contribution < -0.4 is 10.3 Å². The highest BCUT2D eigenvalue weighted by molar-refractivity contribution is 6.13. The fourth-order valence-electron chi connectivity index (χ4n) is 3.75. The first-order chi connectivity index (χ1) is 15.1. The number of esters is 1. The second-order valence-corrected chi connectivity index (χ2v) is 6.89. The van der Waals surface area contributed by atoms with Gasteiger partial charge in [-0.1, -0.05) is 42.5 Å². The van der Waals surface area contributed by atoms with Gasteiger partial charge in [-0.25, -0.2) is 9.59 Å². The maximum absolute atomic E-state index is 13.5. The van der Waals surface area contributed by atoms with Crippen LogP contribution in [-0.2, 0) is 4.74 Å². The molecular weight excluding hydrogens is 398 g/mol. The number of H-pyrrole nitrogens is 1. The third kappa shape index (κ3) is 2.84. The summed E-state index contributed by atoms with van der Waals surface area (Å²) in [4.78, 5) is 38.5. The highest BCUT2D eigenvalue weighted by Gasteiger charge is 2.34. The Bertz CT molecular complexity index is 1530. The van der Waals surface area contributed by atoms with Crippen LogP contribution in [0.4, 0.5) is 0 Å². The van der Waals surface area contributed by atoms with Crippen LogP contribution in [0.1, 0.15) is 26.5 Å². The van der Waals surface area contributed by atoms with Crippen molar-refractivity contribution in [3.05, 3.63) is 100 Å². The van der Waals surface area contributed by atoms with Gasteiger partial charge in [0.15, 0.2) is 0 Å². The molecule has 0 saturated heterocycles. The summed E-state index contributed by atoms with van der Waals surface area (Å²) in [5.41, 5.74) is 0.418. The number of nitrogens with zero attached hydrogens (tertiary/aromatic N) is 2. The van der Waals surface area contributed by atoms with E-state index in [-0.39, 0.29) is 17.0 Å². The third-order valence-corrected chi connectivity index (χ3v) is 5.17. The lowest BCUT2D eigenvalue weighted by Gasteiger charge is -2.05. The van der Waals surface area contributed by atoms with Gasteiger partial charge in [-0.05, 0) is 27.5 Å². The Kier molecular flexibility index (Phi) is 4.25. The number of carbonyl (C=O) groups is 2. The van der Waals surface area contributed by atoms with Crippen LogP contribution >= 0.6 is 0 Å². The van der Waals surface area contributed by atoms with Crippen LogP contribution in [0.2, 0.25) is 0 Å². The van der Waals surface area contributed by atoms with E-state index in [4.69, 9.17) is 9.26 Å². The Morgan fingerprint density at radius 2 is 1.77 bits per heavy atom. The minimum Gasteiger partial charge on any atom is -0.465 e. The van der Waals surface area contributed by atoms with Gasteiger partial charge in [0.2, 0.25) is 5.69 Å². The lowest BCUT2D eigenvalue weighted by atomic mass is 10.1. The lowest BCUT2D eigenvalue weighted by Crippen LogP contribution is -2.41. The smallest absolute Gasteiger partial charge is 0.439 e. The van der Waals surface area contributed by atoms with Crippen molar-refractivity contribution in [1.82, 2.24) is 9.67 Å². The molecule has 0 radical (unpaired) electrons. The van der Waals surface area contributed by atoms with Gasteiger partial charge in [0, 0.05) is 23.7 Å². The molecule has 0 aliphatic rings. The Hall–Kier alpha value is -4.46. The normalized spacial score (nSPS) is 11.1. The number of hydrogen-bond acceptors (Lipinski definition) is 5. The maximum atomic E-state index is 13.5. The first-order valence-electron chi connectivity index (χ1n) is 9.45. The van der Waals surface area contributed by atoms with E-state index in [1.54, 1.807) is 34.9 Å². The minimum atomic E-state index is -0.816. The van der Waals surface area contributed by atoms with Crippen molar-refractivity contribution in [2.45, 2.75) is 0 Å². The molecule has 5 rings (SSSR count). The number of carbonyl (C=O) groups excluding carboxylic acids is 2. The van der Waals surface area contributed by atoms with Crippen molar-refractivity contribution in [3.63, 3.8) is 0 Å². The van der Waals surface area contributed by atoms with Crippen LogP contribution in [-0.4, -0.2) is 28.5 Å². The van der Waals surface area contributed by atoms with Crippen molar-refractivity contribution in [1.29, 1.82) is 0 Å². The third-order valence-electron chi connectivity index (χ3n) is 5.17. The zero-order valence-corrected chi connectivity index (χ0v) is 16.4. The van der Waals surface area contributed by atoms with Gasteiger partial charge in [-0.3, -0.25) is 9.32 Å². The van der Waals surface area contributed by atoms with E-state index in [1.165, 1.54) is 17.9 Å². The predicted molar refractivity (Wildman–Crippen MR) is 111 cm³/mol. The van der Waals surface area contributed by atoms with E-state index in [1.807, 2.05) is 36.4 Å². The Labute approximate surface area is 174 Å². The largest absolute Gasteiger partial charge is 0.465 e. The number of aromatic amines is 1. The summed E-state index contributed by atoms with van der Waals surface area (Å²) in [5.74, 6) is -1.18. The SMILES string of the molecule is COC(=O)c1cc(C(=O)c2c(=O)o[nH][n+]2-c2ccccc2)n2ccc3ccccc3c12. The predicted octanol–water partition coefficient (Wildman–Crippen LogP) is 2.67. The summed E-state index contributed by atoms with van der Waals surface area (Å²) >= 11 is 0. The van der Waals surface area contributed by atoms with Crippen molar-refractivity contribution in [2.24, 2.45) is 0 Å². The minimum absolute atomic E-state index is 0.137. The van der Waals surface area contributed by atoms with E-state index < -0.39 is 17.4 Å². The first kappa shape index (κ1) is 18.6. The van der Waals surface area contributed by atoms with E-state index >= 15 is 0 Å². The highest BCUT2D eigenvalue weighted by atomic mass is 16.5. The van der Waals surface area contributed by atoms with Gasteiger partial charge in [-0.2, -0.15) is 0 Å². The molecule has 3 heterocycles. The number of pyridine rings is 1. The van der Waals surface area contributed by atoms with Gasteiger partial charge in [0.25, 0.3) is 5.78 Å². The van der Waals surface area contributed by atoms with Gasteiger partial charge >= 0.3 is 17.3 Å². The highest BCUT2D eigenvalue weighted by Crippen LogP contribution is 2.27. The number of hydrogen-bond donors (Lipinski definition) is 1. The second kappa shape index (κ2) is 7.10. The summed E-state index contributed by atoms with van der Waals surface area (Å²) < 4.78 is 12.7. The van der Waals surface area contributed by atoms with Crippen molar-refractivity contribution in [3.8, 4) is 5.69 Å². The number of benzene rings is 2. The fraction of sp³-hybridized carbons (Fsp3) is 0.0435. The van der Waals surface area contributed by atoms with E-state index in [0.29, 0.717) is 11.2 Å². The lowest BCUT2D eigenvalue weighted by molar-refractivity contribution is -0.672. The average molecular weight is 414 g/mol.